The van der Waals surface area contributed by atoms with Crippen LogP contribution in [0.1, 0.15) is 106 Å². The lowest BCUT2D eigenvalue weighted by Crippen LogP contribution is -2.68. The highest BCUT2D eigenvalue weighted by molar-refractivity contribution is 5.95. The first-order valence-electron chi connectivity index (χ1n) is 20.7. The molecule has 2 heterocycles. The zero-order valence-corrected chi connectivity index (χ0v) is 35.1. The number of hydrogen-bond donors (Lipinski definition) is 9. The normalized spacial score (nSPS) is 51.7. The van der Waals surface area contributed by atoms with Crippen LogP contribution in [0.25, 0.3) is 0 Å². The number of aliphatic hydroxyl groups is 5. The summed E-state index contributed by atoms with van der Waals surface area (Å²) in [5, 5.41) is 83.0. The molecule has 7 rings (SSSR count). The number of rotatable bonds is 7. The largest absolute Gasteiger partial charge is 0.481 e. The third-order valence-electron chi connectivity index (χ3n) is 17.2. The molecule has 0 aromatic heterocycles. The molecule has 59 heavy (non-hydrogen) atoms. The van der Waals surface area contributed by atoms with Gasteiger partial charge in [-0.2, -0.15) is 0 Å². The van der Waals surface area contributed by atoms with E-state index in [4.69, 9.17) is 18.9 Å². The average Bonchev–Trinajstić information content (AvgIpc) is 3.13. The minimum Gasteiger partial charge on any atom is -0.481 e. The number of allylic oxidation sites excluding steroid dienone is 2. The molecule has 17 nitrogen and oxygen atoms in total. The van der Waals surface area contributed by atoms with Crippen LogP contribution in [0.5, 0.6) is 0 Å². The molecule has 0 aromatic carbocycles. The first kappa shape index (κ1) is 45.9. The highest BCUT2D eigenvalue weighted by Crippen LogP contribution is 2.75. The van der Waals surface area contributed by atoms with Gasteiger partial charge in [0.1, 0.15) is 36.6 Å². The number of carboxylic acids is 3. The first-order valence-corrected chi connectivity index (χ1v) is 20.7. The molecule has 17 heteroatoms. The van der Waals surface area contributed by atoms with Gasteiger partial charge in [0.2, 0.25) is 0 Å². The van der Waals surface area contributed by atoms with Crippen LogP contribution in [0.4, 0.5) is 0 Å². The minimum atomic E-state index is -2.05. The van der Waals surface area contributed by atoms with Gasteiger partial charge in [-0.1, -0.05) is 47.1 Å². The van der Waals surface area contributed by atoms with Crippen molar-refractivity contribution in [2.45, 2.75) is 174 Å². The summed E-state index contributed by atoms with van der Waals surface area (Å²) in [7, 11) is 0. The van der Waals surface area contributed by atoms with Gasteiger partial charge in [0, 0.05) is 5.92 Å². The number of fused-ring (bicyclic) bond motifs is 7. The van der Waals surface area contributed by atoms with E-state index in [0.29, 0.717) is 25.7 Å². The fourth-order valence-electron chi connectivity index (χ4n) is 13.4. The van der Waals surface area contributed by atoms with E-state index in [9.17, 15) is 60.0 Å². The fourth-order valence-corrected chi connectivity index (χ4v) is 13.4. The Hall–Kier alpha value is -2.58. The van der Waals surface area contributed by atoms with Crippen LogP contribution >= 0.6 is 0 Å². The van der Waals surface area contributed by atoms with E-state index in [1.54, 1.807) is 0 Å². The van der Waals surface area contributed by atoms with Crippen LogP contribution < -0.4 is 6.15 Å². The van der Waals surface area contributed by atoms with E-state index in [0.717, 1.165) is 37.7 Å². The van der Waals surface area contributed by atoms with Crippen molar-refractivity contribution in [2.24, 2.45) is 50.2 Å². The maximum absolute atomic E-state index is 14.8. The highest BCUT2D eigenvalue weighted by atomic mass is 16.8. The van der Waals surface area contributed by atoms with Crippen molar-refractivity contribution >= 4 is 23.7 Å². The number of aliphatic carboxylic acids is 3. The van der Waals surface area contributed by atoms with Crippen molar-refractivity contribution < 1.29 is 79.0 Å². The van der Waals surface area contributed by atoms with Crippen LogP contribution in [-0.4, -0.2) is 132 Å². The maximum atomic E-state index is 14.8. The van der Waals surface area contributed by atoms with Gasteiger partial charge >= 0.3 is 17.9 Å². The lowest BCUT2D eigenvalue weighted by Gasteiger charge is -2.70. The summed E-state index contributed by atoms with van der Waals surface area (Å²) in [6.45, 7) is 14.8. The van der Waals surface area contributed by atoms with E-state index in [1.807, 2.05) is 26.8 Å². The second-order valence-electron chi connectivity index (χ2n) is 20.6. The molecule has 2 saturated heterocycles. The molecule has 0 amide bonds. The molecule has 5 aliphatic carbocycles. The number of carbonyl (C=O) groups excluding carboxylic acids is 1. The van der Waals surface area contributed by atoms with Gasteiger partial charge in [0.25, 0.3) is 0 Å². The standard InChI is InChI=1S/C42H62O16.H3N/c1-37(2)21-8-11-42(7)31(20(43)16-18-19-17-39(4,36(53)54)13-12-38(19,3)14-15-41(18,42)6)40(21,5)10-9-22(37)55-35-30(26(47)25(46)29(57-35)33(51)52)58-34-27(48)23(44)24(45)28(56-34)32(49)50;/h16,19,21-31,34-35,44-48H,8-15,17H2,1-7H3,(H,49,50)(H,51,52)(H,53,54);1H3/t19-,21-,22-,23-,24-,25-,26-,27+,28-,29-,30+,31+,34-,35?,38+,39-,40-,41-,42+;/m0./s1. The first-order chi connectivity index (χ1) is 26.8. The number of carbonyl (C=O) groups is 4. The third-order valence-corrected chi connectivity index (χ3v) is 17.2. The Morgan fingerprint density at radius 1 is 0.695 bits per heavy atom. The lowest BCUT2D eigenvalue weighted by molar-refractivity contribution is -0.371. The maximum Gasteiger partial charge on any atom is 0.335 e. The van der Waals surface area contributed by atoms with Gasteiger partial charge in [0.05, 0.1) is 11.5 Å². The van der Waals surface area contributed by atoms with E-state index in [1.165, 1.54) is 0 Å². The highest BCUT2D eigenvalue weighted by Gasteiger charge is 2.71. The van der Waals surface area contributed by atoms with Crippen LogP contribution in [0.2, 0.25) is 0 Å². The second kappa shape index (κ2) is 15.1. The van der Waals surface area contributed by atoms with E-state index >= 15 is 0 Å². The molecule has 11 N–H and O–H groups in total. The predicted molar refractivity (Wildman–Crippen MR) is 204 cm³/mol. The molecule has 2 aliphatic heterocycles. The molecule has 4 saturated carbocycles. The van der Waals surface area contributed by atoms with Crippen molar-refractivity contribution in [2.75, 3.05) is 0 Å². The lowest BCUT2D eigenvalue weighted by atomic mass is 9.33. The van der Waals surface area contributed by atoms with Gasteiger partial charge in [0.15, 0.2) is 30.6 Å². The Kier molecular flexibility index (Phi) is 11.7. The van der Waals surface area contributed by atoms with Crippen molar-refractivity contribution in [3.05, 3.63) is 11.6 Å². The molecule has 0 bridgehead atoms. The van der Waals surface area contributed by atoms with Gasteiger partial charge in [-0.3, -0.25) is 9.59 Å². The van der Waals surface area contributed by atoms with E-state index in [2.05, 4.69) is 27.7 Å². The van der Waals surface area contributed by atoms with Crippen LogP contribution in [-0.2, 0) is 38.1 Å². The Balaban J connectivity index is 0.00000585. The molecule has 1 unspecified atom stereocenters. The molecule has 0 radical (unpaired) electrons. The molecular weight excluding hydrogens is 774 g/mol. The van der Waals surface area contributed by atoms with Crippen LogP contribution in [0, 0.1) is 50.2 Å². The second-order valence-corrected chi connectivity index (χ2v) is 20.6. The smallest absolute Gasteiger partial charge is 0.335 e. The topological polar surface area (TPSA) is 302 Å². The molecule has 334 valence electrons. The van der Waals surface area contributed by atoms with Gasteiger partial charge < -0.3 is 66.0 Å². The summed E-state index contributed by atoms with van der Waals surface area (Å²) in [4.78, 5) is 51.3. The molecular formula is C42H65NO16. The summed E-state index contributed by atoms with van der Waals surface area (Å²) < 4.78 is 23.4. The van der Waals surface area contributed by atoms with Gasteiger partial charge in [-0.15, -0.1) is 0 Å². The number of hydrogen-bond acceptors (Lipinski definition) is 14. The minimum absolute atomic E-state index is 0. The third kappa shape index (κ3) is 6.72. The van der Waals surface area contributed by atoms with Gasteiger partial charge in [-0.05, 0) is 110 Å². The zero-order chi connectivity index (χ0) is 42.9. The summed E-state index contributed by atoms with van der Waals surface area (Å²) >= 11 is 0. The van der Waals surface area contributed by atoms with Crippen LogP contribution in [0.15, 0.2) is 11.6 Å². The number of aliphatic hydroxyl groups excluding tert-OH is 5. The zero-order valence-electron chi connectivity index (χ0n) is 35.1. The molecule has 0 aromatic rings. The molecule has 6 fully saturated rings. The summed E-state index contributed by atoms with van der Waals surface area (Å²) in [5.74, 6) is -4.47. The van der Waals surface area contributed by atoms with Crippen LogP contribution in [0.3, 0.4) is 0 Å². The molecule has 0 spiro atoms. The van der Waals surface area contributed by atoms with E-state index < -0.39 is 107 Å². The molecule has 19 atom stereocenters. The fraction of sp³-hybridized carbons (Fsp3) is 0.857. The molecule has 7 aliphatic rings. The number of ether oxygens (including phenoxy) is 4. The monoisotopic (exact) mass is 839 g/mol. The Morgan fingerprint density at radius 2 is 1.27 bits per heavy atom. The SMILES string of the molecule is CC1(C)[C@@H](OC2O[C@H](C(=O)O)[C@@H](O)[C@H](O)[C@H]2O[C@@H]2O[C@H](C(=O)O)[C@@H](O)[C@H](O)[C@H]2O)CC[C@]2(C)[C@H]3C(=O)C=C4[C@@H]5C[C@@](C)(C(=O)O)CC[C@]5(C)CC[C@]4(C)[C@]3(C)CC[C@@H]12.N. The van der Waals surface area contributed by atoms with Crippen molar-refractivity contribution in [3.8, 4) is 0 Å². The summed E-state index contributed by atoms with van der Waals surface area (Å²) in [5.41, 5.74) is -1.81. The Bertz CT molecular complexity index is 1740. The number of carboxylic acid groups (broad SMARTS) is 3. The summed E-state index contributed by atoms with van der Waals surface area (Å²) in [6, 6.07) is 0. The quantitative estimate of drug-likeness (QED) is 0.166. The summed E-state index contributed by atoms with van der Waals surface area (Å²) in [6.07, 6.45) is -12.2. The predicted octanol–water partition coefficient (Wildman–Crippen LogP) is 2.41. The van der Waals surface area contributed by atoms with E-state index in [-0.39, 0.29) is 40.5 Å². The van der Waals surface area contributed by atoms with Crippen molar-refractivity contribution in [1.29, 1.82) is 0 Å². The Morgan fingerprint density at radius 3 is 1.86 bits per heavy atom. The number of ketones is 1. The van der Waals surface area contributed by atoms with Crippen molar-refractivity contribution in [1.82, 2.24) is 6.15 Å². The van der Waals surface area contributed by atoms with Crippen molar-refractivity contribution in [3.63, 3.8) is 0 Å². The van der Waals surface area contributed by atoms with Gasteiger partial charge in [-0.25, -0.2) is 9.59 Å². The Labute approximate surface area is 344 Å². The average molecular weight is 840 g/mol.